The number of nitrogens with zero attached hydrogens (tertiary/aromatic N) is 7. The molecule has 2 aromatic heterocycles. The average Bonchev–Trinajstić information content (AvgIpc) is 3.27. The summed E-state index contributed by atoms with van der Waals surface area (Å²) in [5.41, 5.74) is 5.47. The van der Waals surface area contributed by atoms with Gasteiger partial charge in [0.15, 0.2) is 0 Å². The number of fused-ring (bicyclic) bond motifs is 1. The second-order valence-corrected chi connectivity index (χ2v) is 11.4. The Kier molecular flexibility index (Phi) is 7.23. The second-order valence-electron chi connectivity index (χ2n) is 11.4. The molecule has 0 unspecified atom stereocenters. The van der Waals surface area contributed by atoms with Crippen molar-refractivity contribution in [1.82, 2.24) is 24.9 Å². The smallest absolute Gasteiger partial charge is 0.227 e. The van der Waals surface area contributed by atoms with Crippen molar-refractivity contribution in [2.45, 2.75) is 20.3 Å². The normalized spacial score (nSPS) is 16.8. The van der Waals surface area contributed by atoms with E-state index in [2.05, 4.69) is 87.4 Å². The number of aryl methyl sites for hydroxylation is 2. The molecule has 0 aliphatic carbocycles. The molecule has 2 aromatic carbocycles. The highest BCUT2D eigenvalue weighted by Gasteiger charge is 2.31. The second kappa shape index (κ2) is 10.9. The Bertz CT molecular complexity index is 1400. The molecular formula is C31H39N7O. The predicted octanol–water partition coefficient (Wildman–Crippen LogP) is 4.26. The van der Waals surface area contributed by atoms with E-state index in [1.165, 1.54) is 5.56 Å². The third-order valence-electron chi connectivity index (χ3n) is 8.13. The van der Waals surface area contributed by atoms with E-state index in [0.717, 1.165) is 104 Å². The molecule has 8 heteroatoms. The quantitative estimate of drug-likeness (QED) is 0.338. The maximum atomic E-state index is 5.47. The minimum atomic E-state index is 0.631. The van der Waals surface area contributed by atoms with Crippen LogP contribution in [0, 0.1) is 19.8 Å². The molecule has 0 amide bonds. The van der Waals surface area contributed by atoms with Crippen molar-refractivity contribution in [1.29, 1.82) is 0 Å². The monoisotopic (exact) mass is 525 g/mol. The summed E-state index contributed by atoms with van der Waals surface area (Å²) in [6, 6.07) is 17.3. The van der Waals surface area contributed by atoms with Crippen LogP contribution in [0.25, 0.3) is 22.0 Å². The van der Waals surface area contributed by atoms with E-state index in [9.17, 15) is 0 Å². The van der Waals surface area contributed by atoms with Gasteiger partial charge in [-0.1, -0.05) is 41.6 Å². The summed E-state index contributed by atoms with van der Waals surface area (Å²) in [6.45, 7) is 12.2. The molecule has 0 saturated carbocycles. The highest BCUT2D eigenvalue weighted by atomic mass is 16.5. The Morgan fingerprint density at radius 1 is 0.923 bits per heavy atom. The zero-order valence-corrected chi connectivity index (χ0v) is 23.6. The lowest BCUT2D eigenvalue weighted by molar-refractivity contribution is 0.229. The van der Waals surface area contributed by atoms with E-state index in [-0.39, 0.29) is 0 Å². The van der Waals surface area contributed by atoms with Crippen LogP contribution in [0.5, 0.6) is 0 Å². The zero-order chi connectivity index (χ0) is 26.9. The number of aromatic nitrogens is 3. The van der Waals surface area contributed by atoms with Gasteiger partial charge in [-0.2, -0.15) is 4.98 Å². The Morgan fingerprint density at radius 2 is 1.69 bits per heavy atom. The van der Waals surface area contributed by atoms with Gasteiger partial charge in [-0.15, -0.1) is 0 Å². The van der Waals surface area contributed by atoms with E-state index in [1.54, 1.807) is 0 Å². The third kappa shape index (κ3) is 5.49. The number of piperazine rings is 1. The first-order valence-corrected chi connectivity index (χ1v) is 14.1. The van der Waals surface area contributed by atoms with Gasteiger partial charge in [0.1, 0.15) is 11.6 Å². The maximum Gasteiger partial charge on any atom is 0.227 e. The first-order chi connectivity index (χ1) is 18.9. The highest BCUT2D eigenvalue weighted by molar-refractivity contribution is 5.94. The molecule has 0 radical (unpaired) electrons. The topological polar surface area (TPSA) is 64.8 Å². The summed E-state index contributed by atoms with van der Waals surface area (Å²) in [7, 11) is 4.27. The van der Waals surface area contributed by atoms with Crippen LogP contribution >= 0.6 is 0 Å². The largest absolute Gasteiger partial charge is 0.361 e. The van der Waals surface area contributed by atoms with Gasteiger partial charge in [0.2, 0.25) is 5.95 Å². The average molecular weight is 526 g/mol. The molecule has 204 valence electrons. The summed E-state index contributed by atoms with van der Waals surface area (Å²) >= 11 is 0. The van der Waals surface area contributed by atoms with Crippen molar-refractivity contribution in [3.8, 4) is 11.1 Å². The molecule has 2 aliphatic heterocycles. The maximum absolute atomic E-state index is 5.47. The van der Waals surface area contributed by atoms with Gasteiger partial charge in [-0.25, -0.2) is 4.98 Å². The van der Waals surface area contributed by atoms with Crippen LogP contribution < -0.4 is 9.80 Å². The molecule has 0 atom stereocenters. The van der Waals surface area contributed by atoms with Crippen LogP contribution in [0.4, 0.5) is 11.8 Å². The van der Waals surface area contributed by atoms with Gasteiger partial charge in [0.25, 0.3) is 0 Å². The lowest BCUT2D eigenvalue weighted by Gasteiger charge is -2.41. The number of benzene rings is 2. The fourth-order valence-corrected chi connectivity index (χ4v) is 5.87. The Morgan fingerprint density at radius 3 is 2.38 bits per heavy atom. The van der Waals surface area contributed by atoms with Crippen LogP contribution in [0.2, 0.25) is 0 Å². The molecule has 4 aromatic rings. The van der Waals surface area contributed by atoms with E-state index >= 15 is 0 Å². The molecule has 39 heavy (non-hydrogen) atoms. The number of anilines is 2. The summed E-state index contributed by atoms with van der Waals surface area (Å²) in [5, 5.41) is 5.28. The molecule has 4 heterocycles. The Hall–Kier alpha value is -3.49. The van der Waals surface area contributed by atoms with Crippen LogP contribution in [-0.2, 0) is 6.42 Å². The fraction of sp³-hybridized carbons (Fsp3) is 0.452. The van der Waals surface area contributed by atoms with Crippen LogP contribution in [0.3, 0.4) is 0 Å². The number of hydrogen-bond acceptors (Lipinski definition) is 8. The molecule has 0 spiro atoms. The number of likely N-dealkylation sites (N-methyl/N-ethyl adjacent to an activating group) is 1. The van der Waals surface area contributed by atoms with Crippen molar-refractivity contribution < 1.29 is 4.52 Å². The Balaban J connectivity index is 1.28. The van der Waals surface area contributed by atoms with Gasteiger partial charge in [-0.05, 0) is 63.5 Å². The standard InChI is InChI=1S/C31H39N7O/c1-22-29(23(2)39-34-22)26-10-11-28-27(19-26)30(38-20-25(21-38)18-24-8-6-5-7-9-24)33-31(32-28)37-16-14-36(15-17-37)13-12-35(3)4/h5-11,19,25H,12-18,20-21H2,1-4H3. The molecule has 2 aliphatic rings. The summed E-state index contributed by atoms with van der Waals surface area (Å²) in [6.07, 6.45) is 1.10. The van der Waals surface area contributed by atoms with Crippen LogP contribution in [0.1, 0.15) is 17.0 Å². The van der Waals surface area contributed by atoms with E-state index in [0.29, 0.717) is 5.92 Å². The van der Waals surface area contributed by atoms with Gasteiger partial charge in [0.05, 0.1) is 11.2 Å². The van der Waals surface area contributed by atoms with Crippen molar-refractivity contribution in [2.75, 3.05) is 76.3 Å². The van der Waals surface area contributed by atoms with E-state index < -0.39 is 0 Å². The fourth-order valence-electron chi connectivity index (χ4n) is 5.87. The van der Waals surface area contributed by atoms with E-state index in [4.69, 9.17) is 14.5 Å². The van der Waals surface area contributed by atoms with Crippen molar-refractivity contribution >= 4 is 22.7 Å². The lowest BCUT2D eigenvalue weighted by Crippen LogP contribution is -2.49. The number of rotatable bonds is 8. The molecule has 0 bridgehead atoms. The van der Waals surface area contributed by atoms with Gasteiger partial charge in [-0.3, -0.25) is 4.90 Å². The summed E-state index contributed by atoms with van der Waals surface area (Å²) < 4.78 is 5.47. The first-order valence-electron chi connectivity index (χ1n) is 14.1. The molecule has 2 fully saturated rings. The lowest BCUT2D eigenvalue weighted by atomic mass is 9.91. The predicted molar refractivity (Wildman–Crippen MR) is 158 cm³/mol. The van der Waals surface area contributed by atoms with Crippen LogP contribution in [0.15, 0.2) is 53.1 Å². The van der Waals surface area contributed by atoms with Crippen molar-refractivity contribution in [3.05, 3.63) is 65.5 Å². The molecule has 2 saturated heterocycles. The summed E-state index contributed by atoms with van der Waals surface area (Å²) in [4.78, 5) is 19.9. The van der Waals surface area contributed by atoms with Gasteiger partial charge in [0, 0.05) is 63.3 Å². The SMILES string of the molecule is Cc1noc(C)c1-c1ccc2nc(N3CCN(CCN(C)C)CC3)nc(N3CC(Cc4ccccc4)C3)c2c1. The van der Waals surface area contributed by atoms with Gasteiger partial charge >= 0.3 is 0 Å². The first kappa shape index (κ1) is 25.8. The third-order valence-corrected chi connectivity index (χ3v) is 8.13. The minimum Gasteiger partial charge on any atom is -0.361 e. The molecule has 6 rings (SSSR count). The molecule has 8 nitrogen and oxygen atoms in total. The van der Waals surface area contributed by atoms with Gasteiger partial charge < -0.3 is 19.2 Å². The molecular weight excluding hydrogens is 486 g/mol. The van der Waals surface area contributed by atoms with Crippen LogP contribution in [-0.4, -0.2) is 91.4 Å². The van der Waals surface area contributed by atoms with Crippen molar-refractivity contribution in [3.63, 3.8) is 0 Å². The zero-order valence-electron chi connectivity index (χ0n) is 23.6. The highest BCUT2D eigenvalue weighted by Crippen LogP contribution is 2.36. The molecule has 0 N–H and O–H groups in total. The number of hydrogen-bond donors (Lipinski definition) is 0. The van der Waals surface area contributed by atoms with E-state index in [1.807, 2.05) is 13.8 Å². The Labute approximate surface area is 231 Å². The minimum absolute atomic E-state index is 0.631. The summed E-state index contributed by atoms with van der Waals surface area (Å²) in [5.74, 6) is 3.36. The van der Waals surface area contributed by atoms with Crippen molar-refractivity contribution in [2.24, 2.45) is 5.92 Å².